The van der Waals surface area contributed by atoms with Crippen molar-refractivity contribution in [3.05, 3.63) is 55.4 Å². The van der Waals surface area contributed by atoms with Gasteiger partial charge in [-0.05, 0) is 30.7 Å². The lowest BCUT2D eigenvalue weighted by atomic mass is 10.2. The van der Waals surface area contributed by atoms with Gasteiger partial charge >= 0.3 is 0 Å². The normalized spacial score (nSPS) is 18.9. The molecule has 27 heavy (non-hydrogen) atoms. The Morgan fingerprint density at radius 1 is 1.07 bits per heavy atom. The first kappa shape index (κ1) is 16.1. The van der Waals surface area contributed by atoms with Gasteiger partial charge in [-0.15, -0.1) is 0 Å². The number of rotatable bonds is 3. The molecule has 4 aromatic heterocycles. The fourth-order valence-corrected chi connectivity index (χ4v) is 5.10. The third kappa shape index (κ3) is 2.89. The molecule has 5 rings (SSSR count). The van der Waals surface area contributed by atoms with Gasteiger partial charge < -0.3 is 4.40 Å². The molecule has 0 N–H and O–H groups in total. The maximum atomic E-state index is 12.0. The summed E-state index contributed by atoms with van der Waals surface area (Å²) in [6.45, 7) is 0. The van der Waals surface area contributed by atoms with E-state index in [1.165, 1.54) is 0 Å². The van der Waals surface area contributed by atoms with Crippen LogP contribution in [0.25, 0.3) is 28.3 Å². The third-order valence-corrected chi connectivity index (χ3v) is 6.52. The highest BCUT2D eigenvalue weighted by Gasteiger charge is 2.32. The van der Waals surface area contributed by atoms with Crippen LogP contribution in [0.1, 0.15) is 12.5 Å². The molecule has 0 radical (unpaired) electrons. The molecule has 9 heteroatoms. The fraction of sp³-hybridized carbons (Fsp3) is 0.222. The van der Waals surface area contributed by atoms with Gasteiger partial charge in [0.25, 0.3) is 0 Å². The molecule has 0 amide bonds. The zero-order valence-corrected chi connectivity index (χ0v) is 15.1. The second-order valence-corrected chi connectivity index (χ2v) is 8.87. The molecule has 0 aliphatic carbocycles. The zero-order chi connectivity index (χ0) is 18.4. The van der Waals surface area contributed by atoms with Crippen molar-refractivity contribution < 1.29 is 8.42 Å². The van der Waals surface area contributed by atoms with Gasteiger partial charge in [0, 0.05) is 29.7 Å². The maximum absolute atomic E-state index is 12.0. The van der Waals surface area contributed by atoms with Crippen LogP contribution in [0.15, 0.2) is 55.4 Å². The van der Waals surface area contributed by atoms with Crippen LogP contribution in [0.2, 0.25) is 0 Å². The van der Waals surface area contributed by atoms with Crippen molar-refractivity contribution >= 4 is 15.4 Å². The summed E-state index contributed by atoms with van der Waals surface area (Å²) in [5, 5.41) is 4.65. The molecule has 1 atom stereocenters. The van der Waals surface area contributed by atoms with E-state index < -0.39 is 9.84 Å². The van der Waals surface area contributed by atoms with E-state index in [0.717, 1.165) is 16.6 Å². The van der Waals surface area contributed by atoms with Crippen molar-refractivity contribution in [2.24, 2.45) is 0 Å². The molecule has 1 fully saturated rings. The Morgan fingerprint density at radius 3 is 2.78 bits per heavy atom. The van der Waals surface area contributed by atoms with Crippen molar-refractivity contribution in [2.75, 3.05) is 11.5 Å². The van der Waals surface area contributed by atoms with Crippen molar-refractivity contribution in [3.8, 4) is 22.8 Å². The van der Waals surface area contributed by atoms with Gasteiger partial charge in [-0.2, -0.15) is 5.10 Å². The molecule has 1 saturated heterocycles. The van der Waals surface area contributed by atoms with Crippen LogP contribution in [-0.4, -0.2) is 49.1 Å². The summed E-state index contributed by atoms with van der Waals surface area (Å²) in [6, 6.07) is 7.40. The SMILES string of the molecule is O=S1(=O)CCC(n2nc(-c3cccnc3)nc2-c2ccc3cncn3c2)C1. The Kier molecular flexibility index (Phi) is 3.57. The molecule has 1 aliphatic rings. The minimum Gasteiger partial charge on any atom is -0.306 e. The quantitative estimate of drug-likeness (QED) is 0.540. The summed E-state index contributed by atoms with van der Waals surface area (Å²) >= 11 is 0. The zero-order valence-electron chi connectivity index (χ0n) is 14.3. The molecular weight excluding hydrogens is 364 g/mol. The van der Waals surface area contributed by atoms with Crippen molar-refractivity contribution in [1.29, 1.82) is 0 Å². The lowest BCUT2D eigenvalue weighted by Crippen LogP contribution is -2.14. The van der Waals surface area contributed by atoms with Crippen LogP contribution in [0.4, 0.5) is 0 Å². The van der Waals surface area contributed by atoms with Gasteiger partial charge in [-0.25, -0.2) is 23.1 Å². The smallest absolute Gasteiger partial charge is 0.183 e. The first-order chi connectivity index (χ1) is 13.1. The Bertz CT molecular complexity index is 1230. The van der Waals surface area contributed by atoms with E-state index in [1.807, 2.05) is 34.9 Å². The third-order valence-electron chi connectivity index (χ3n) is 4.77. The Morgan fingerprint density at radius 2 is 2.00 bits per heavy atom. The number of sulfone groups is 1. The molecule has 8 nitrogen and oxygen atoms in total. The van der Waals surface area contributed by atoms with Crippen LogP contribution in [0, 0.1) is 0 Å². The van der Waals surface area contributed by atoms with E-state index in [1.54, 1.807) is 29.6 Å². The monoisotopic (exact) mass is 380 g/mol. The molecular formula is C18H16N6O2S. The highest BCUT2D eigenvalue weighted by Crippen LogP contribution is 2.30. The molecule has 1 aliphatic heterocycles. The summed E-state index contributed by atoms with van der Waals surface area (Å²) in [5.41, 5.74) is 2.62. The van der Waals surface area contributed by atoms with E-state index in [2.05, 4.69) is 15.1 Å². The lowest BCUT2D eigenvalue weighted by Gasteiger charge is -2.12. The van der Waals surface area contributed by atoms with Gasteiger partial charge in [0.15, 0.2) is 21.5 Å². The first-order valence-electron chi connectivity index (χ1n) is 8.58. The minimum atomic E-state index is -3.04. The molecule has 1 unspecified atom stereocenters. The highest BCUT2D eigenvalue weighted by molar-refractivity contribution is 7.91. The van der Waals surface area contributed by atoms with E-state index in [9.17, 15) is 8.42 Å². The number of nitrogens with zero attached hydrogens (tertiary/aromatic N) is 6. The predicted molar refractivity (Wildman–Crippen MR) is 99.7 cm³/mol. The van der Waals surface area contributed by atoms with Crippen LogP contribution in [-0.2, 0) is 9.84 Å². The molecule has 0 bridgehead atoms. The van der Waals surface area contributed by atoms with E-state index in [0.29, 0.717) is 18.1 Å². The van der Waals surface area contributed by atoms with Gasteiger partial charge in [0.2, 0.25) is 0 Å². The van der Waals surface area contributed by atoms with Crippen LogP contribution in [0.5, 0.6) is 0 Å². The molecule has 136 valence electrons. The molecule has 0 aromatic carbocycles. The topological polar surface area (TPSA) is 95.0 Å². The van der Waals surface area contributed by atoms with Crippen molar-refractivity contribution in [1.82, 2.24) is 29.1 Å². The van der Waals surface area contributed by atoms with Crippen molar-refractivity contribution in [2.45, 2.75) is 12.5 Å². The molecule has 0 saturated carbocycles. The average molecular weight is 380 g/mol. The van der Waals surface area contributed by atoms with Gasteiger partial charge in [0.1, 0.15) is 0 Å². The van der Waals surface area contributed by atoms with Gasteiger partial charge in [-0.1, -0.05) is 0 Å². The van der Waals surface area contributed by atoms with E-state index in [-0.39, 0.29) is 17.5 Å². The number of hydrogen-bond donors (Lipinski definition) is 0. The molecule has 5 heterocycles. The fourth-order valence-electron chi connectivity index (χ4n) is 3.41. The van der Waals surface area contributed by atoms with E-state index >= 15 is 0 Å². The lowest BCUT2D eigenvalue weighted by molar-refractivity contribution is 0.505. The van der Waals surface area contributed by atoms with Crippen LogP contribution < -0.4 is 0 Å². The summed E-state index contributed by atoms with van der Waals surface area (Å²) < 4.78 is 27.7. The second-order valence-electron chi connectivity index (χ2n) is 6.65. The summed E-state index contributed by atoms with van der Waals surface area (Å²) in [7, 11) is -3.04. The number of fused-ring (bicyclic) bond motifs is 1. The number of hydrogen-bond acceptors (Lipinski definition) is 6. The summed E-state index contributed by atoms with van der Waals surface area (Å²) in [5.74, 6) is 1.45. The average Bonchev–Trinajstić information content (AvgIpc) is 3.39. The Hall–Kier alpha value is -3.07. The summed E-state index contributed by atoms with van der Waals surface area (Å²) in [4.78, 5) is 13.0. The highest BCUT2D eigenvalue weighted by atomic mass is 32.2. The molecule has 4 aromatic rings. The molecule has 0 spiro atoms. The predicted octanol–water partition coefficient (Wildman–Crippen LogP) is 2.01. The van der Waals surface area contributed by atoms with Gasteiger partial charge in [0.05, 0.1) is 35.6 Å². The number of aromatic nitrogens is 6. The number of imidazole rings is 1. The van der Waals surface area contributed by atoms with Crippen LogP contribution in [0.3, 0.4) is 0 Å². The van der Waals surface area contributed by atoms with Crippen LogP contribution >= 0.6 is 0 Å². The second kappa shape index (κ2) is 5.98. The largest absolute Gasteiger partial charge is 0.306 e. The maximum Gasteiger partial charge on any atom is 0.183 e. The van der Waals surface area contributed by atoms with Crippen molar-refractivity contribution in [3.63, 3.8) is 0 Å². The summed E-state index contributed by atoms with van der Waals surface area (Å²) in [6.07, 6.45) is 9.37. The minimum absolute atomic E-state index is 0.0865. The first-order valence-corrected chi connectivity index (χ1v) is 10.4. The Balaban J connectivity index is 1.67. The van der Waals surface area contributed by atoms with E-state index in [4.69, 9.17) is 4.98 Å². The number of pyridine rings is 2. The van der Waals surface area contributed by atoms with Gasteiger partial charge in [-0.3, -0.25) is 4.98 Å². The Labute approximate surface area is 155 Å². The standard InChI is InChI=1S/C18H16N6O2S/c25-27(26)7-5-16(11-27)24-18(14-3-4-15-9-20-12-23(15)10-14)21-17(22-24)13-2-1-6-19-8-13/h1-4,6,8-10,12,16H,5,7,11H2.